The van der Waals surface area contributed by atoms with Crippen molar-refractivity contribution >= 4 is 79.6 Å². The van der Waals surface area contributed by atoms with Gasteiger partial charge >= 0.3 is 0 Å². The van der Waals surface area contributed by atoms with Crippen molar-refractivity contribution < 1.29 is 52.2 Å². The third-order valence-electron chi connectivity index (χ3n) is 21.6. The summed E-state index contributed by atoms with van der Waals surface area (Å²) in [6.45, 7) is 13.9. The maximum absolute atomic E-state index is 14.6. The van der Waals surface area contributed by atoms with Gasteiger partial charge in [-0.15, -0.1) is 15.3 Å². The molecule has 3 aliphatic heterocycles. The molecule has 32 heteroatoms. The largest absolute Gasteiger partial charge is 0.494 e. The van der Waals surface area contributed by atoms with Crippen LogP contribution in [0.2, 0.25) is 0 Å². The van der Waals surface area contributed by atoms with Crippen molar-refractivity contribution in [1.82, 2.24) is 104 Å². The number of rotatable bonds is 16. The van der Waals surface area contributed by atoms with Crippen molar-refractivity contribution in [3.8, 4) is 29.0 Å². The normalized spacial score (nSPS) is 20.4. The highest BCUT2D eigenvalue weighted by Crippen LogP contribution is 2.63. The number of allylic oxidation sites excluding steroid dienone is 1. The molecule has 0 unspecified atom stereocenters. The van der Waals surface area contributed by atoms with E-state index in [-0.39, 0.29) is 75.6 Å². The number of aromatic nitrogens is 15. The number of carbonyl (C=O) groups is 8. The highest BCUT2D eigenvalue weighted by molar-refractivity contribution is 6.46. The number of ketones is 3. The van der Waals surface area contributed by atoms with Crippen LogP contribution in [0, 0.1) is 40.8 Å². The molecule has 103 heavy (non-hydrogen) atoms. The monoisotopic (exact) mass is 1410 g/mol. The third-order valence-corrected chi connectivity index (χ3v) is 21.6. The lowest BCUT2D eigenvalue weighted by Crippen LogP contribution is -2.54. The average Bonchev–Trinajstić information content (AvgIpc) is 1.68. The molecule has 538 valence electrons. The fraction of sp³-hybridized carbons (Fsp3) is 0.479. The predicted molar refractivity (Wildman–Crippen MR) is 369 cm³/mol. The molecule has 5 saturated carbocycles. The number of amides is 5. The van der Waals surface area contributed by atoms with Crippen molar-refractivity contribution in [2.45, 2.75) is 90.9 Å². The molecule has 0 atom stereocenters. The molecular formula is C71H82FN21O10. The summed E-state index contributed by atoms with van der Waals surface area (Å²) in [5.41, 5.74) is 3.27. The second-order valence-corrected chi connectivity index (χ2v) is 28.3. The lowest BCUT2D eigenvalue weighted by molar-refractivity contribution is -0.141. The zero-order valence-corrected chi connectivity index (χ0v) is 58.0. The molecule has 8 fully saturated rings. The maximum Gasteiger partial charge on any atom is 0.295 e. The Balaban J connectivity index is 0.000000131. The molecule has 4 bridgehead atoms. The summed E-state index contributed by atoms with van der Waals surface area (Å²) >= 11 is 0. The molecule has 3 saturated heterocycles. The van der Waals surface area contributed by atoms with Crippen LogP contribution < -0.4 is 9.47 Å². The average molecular weight is 1410 g/mol. The van der Waals surface area contributed by atoms with Crippen LogP contribution in [-0.2, 0) is 24.0 Å². The first-order chi connectivity index (χ1) is 49.9. The molecule has 17 rings (SSSR count). The van der Waals surface area contributed by atoms with Crippen molar-refractivity contribution in [3.05, 3.63) is 109 Å². The number of hydrogen-bond acceptors (Lipinski definition) is 20. The molecule has 5 aliphatic carbocycles. The summed E-state index contributed by atoms with van der Waals surface area (Å²) in [6, 6.07) is 0. The molecule has 9 aromatic rings. The SMILES string of the molecule is C=C(N1CCN(C(=O)C(=O)c2c[nH]c3c(-n4ccnn4)ncc(OC)c23)CC1)C12CC3CC(CC(C3)C1)C2.CC(C)CC(=O)N1CCN(C(=O)C(=O)c2c[nH]c3c(-n4ccnn4)ncc(F)c23)CC1.COc1cnc(-n2ccnn2)c2[nH]cc(C(=O)C(=O)N3CCN(C(=O)C4CCCCC4)CC3)c12. The van der Waals surface area contributed by atoms with E-state index >= 15 is 0 Å². The molecule has 12 heterocycles. The first-order valence-corrected chi connectivity index (χ1v) is 35.3. The topological polar surface area (TPSA) is 353 Å². The second-order valence-electron chi connectivity index (χ2n) is 28.3. The Morgan fingerprint density at radius 1 is 0.515 bits per heavy atom. The van der Waals surface area contributed by atoms with Crippen LogP contribution in [0.25, 0.3) is 50.2 Å². The highest BCUT2D eigenvalue weighted by Gasteiger charge is 2.53. The van der Waals surface area contributed by atoms with Crippen LogP contribution in [0.5, 0.6) is 11.5 Å². The lowest BCUT2D eigenvalue weighted by atomic mass is 9.48. The maximum atomic E-state index is 14.6. The number of carbonyl (C=O) groups excluding carboxylic acids is 8. The Kier molecular flexibility index (Phi) is 19.5. The number of fused-ring (bicyclic) bond motifs is 3. The molecule has 0 spiro atoms. The van der Waals surface area contributed by atoms with Gasteiger partial charge in [-0.1, -0.05) is 55.3 Å². The number of Topliss-reactive ketones (excluding diaryl/α,β-unsaturated/α-hetero) is 3. The van der Waals surface area contributed by atoms with Crippen molar-refractivity contribution in [2.24, 2.45) is 35.0 Å². The van der Waals surface area contributed by atoms with Crippen molar-refractivity contribution in [3.63, 3.8) is 0 Å². The Morgan fingerprint density at radius 2 is 0.883 bits per heavy atom. The van der Waals surface area contributed by atoms with Gasteiger partial charge in [0.1, 0.15) is 11.5 Å². The van der Waals surface area contributed by atoms with E-state index in [9.17, 15) is 42.7 Å². The van der Waals surface area contributed by atoms with E-state index in [1.807, 2.05) is 18.7 Å². The van der Waals surface area contributed by atoms with Crippen molar-refractivity contribution in [1.29, 1.82) is 0 Å². The number of ether oxygens (including phenoxy) is 2. The fourth-order valence-corrected chi connectivity index (χ4v) is 16.8. The zero-order valence-electron chi connectivity index (χ0n) is 58.0. The van der Waals surface area contributed by atoms with Gasteiger partial charge in [-0.05, 0) is 75.0 Å². The molecule has 3 N–H and O–H groups in total. The van der Waals surface area contributed by atoms with Crippen LogP contribution >= 0.6 is 0 Å². The number of piperazine rings is 3. The summed E-state index contributed by atoms with van der Waals surface area (Å²) < 4.78 is 29.8. The molecule has 0 radical (unpaired) electrons. The van der Waals surface area contributed by atoms with Gasteiger partial charge in [0.25, 0.3) is 35.1 Å². The number of halogens is 1. The van der Waals surface area contributed by atoms with E-state index in [4.69, 9.17) is 9.47 Å². The summed E-state index contributed by atoms with van der Waals surface area (Å²) in [7, 11) is 3.00. The van der Waals surface area contributed by atoms with Gasteiger partial charge in [-0.25, -0.2) is 33.4 Å². The van der Waals surface area contributed by atoms with E-state index in [1.165, 1.54) is 132 Å². The smallest absolute Gasteiger partial charge is 0.295 e. The fourth-order valence-electron chi connectivity index (χ4n) is 16.8. The Hall–Kier alpha value is -11.1. The minimum Gasteiger partial charge on any atom is -0.494 e. The Bertz CT molecular complexity index is 4650. The predicted octanol–water partition coefficient (Wildman–Crippen LogP) is 5.98. The molecule has 31 nitrogen and oxygen atoms in total. The van der Waals surface area contributed by atoms with Crippen LogP contribution in [0.15, 0.2) is 86.6 Å². The van der Waals surface area contributed by atoms with E-state index in [1.54, 1.807) is 34.6 Å². The summed E-state index contributed by atoms with van der Waals surface area (Å²) in [4.78, 5) is 136. The number of nitrogens with zero attached hydrogens (tertiary/aromatic N) is 18. The molecule has 9 aromatic heterocycles. The van der Waals surface area contributed by atoms with Gasteiger partial charge in [-0.3, -0.25) is 38.4 Å². The number of pyridine rings is 3. The van der Waals surface area contributed by atoms with E-state index in [0.717, 1.165) is 62.7 Å². The van der Waals surface area contributed by atoms with Gasteiger partial charge in [0, 0.05) is 121 Å². The van der Waals surface area contributed by atoms with E-state index < -0.39 is 40.9 Å². The summed E-state index contributed by atoms with van der Waals surface area (Å²) in [5, 5.41) is 24.1. The molecule has 5 amide bonds. The van der Waals surface area contributed by atoms with Gasteiger partial charge in [0.05, 0.1) is 119 Å². The second kappa shape index (κ2) is 29.1. The number of nitrogens with one attached hydrogen (secondary N) is 3. The quantitative estimate of drug-likeness (QED) is 0.0740. The van der Waals surface area contributed by atoms with Crippen LogP contribution in [0.4, 0.5) is 4.39 Å². The number of aromatic amines is 3. The first-order valence-electron chi connectivity index (χ1n) is 35.3. The standard InChI is InChI=1S/C28H33N7O3.C23H27N7O4.C20H22FN7O3/c1-17(28-12-18-9-19(13-28)11-20(10-18)14-28)33-5-7-34(8-6-33)27(37)25(36)21-15-29-24-23(21)22(38-2)16-30-26(24)35-4-3-31-32-35;1-34-17-14-25-21(30-8-7-26-27-30)19-18(17)16(13-24-19)20(31)23(33)29-11-9-28(10-12-29)22(32)15-5-3-2-4-6-15;1-12(2)9-15(29)26-5-7-27(8-6-26)20(31)18(30)13-10-22-17-16(13)14(21)11-23-19(17)28-4-3-24-25-28/h3-4,15-16,18-20,29H,1,5-14H2,2H3;7-8,13-15,24H,2-6,9-12H2,1H3;3-4,10-12,22H,5-9H2,1-2H3. The Labute approximate surface area is 590 Å². The van der Waals surface area contributed by atoms with Gasteiger partial charge in [0.15, 0.2) is 23.3 Å². The zero-order chi connectivity index (χ0) is 71.8. The number of hydrogen-bond donors (Lipinski definition) is 3. The number of methoxy groups -OCH3 is 2. The molecule has 8 aliphatic rings. The summed E-state index contributed by atoms with van der Waals surface area (Å²) in [5.74, 6) is 0.611. The van der Waals surface area contributed by atoms with Gasteiger partial charge in [0.2, 0.25) is 11.8 Å². The minimum absolute atomic E-state index is 0.0235. The first kappa shape index (κ1) is 69.0. The van der Waals surface area contributed by atoms with Gasteiger partial charge < -0.3 is 53.8 Å². The van der Waals surface area contributed by atoms with Gasteiger partial charge in [-0.2, -0.15) is 0 Å². The summed E-state index contributed by atoms with van der Waals surface area (Å²) in [6.07, 6.45) is 31.5. The lowest BCUT2D eigenvalue weighted by Gasteiger charge is -2.59. The van der Waals surface area contributed by atoms with Crippen molar-refractivity contribution in [2.75, 3.05) is 92.8 Å². The van der Waals surface area contributed by atoms with Crippen LogP contribution in [0.3, 0.4) is 0 Å². The molecule has 0 aromatic carbocycles. The highest BCUT2D eigenvalue weighted by atomic mass is 19.1. The Morgan fingerprint density at radius 3 is 1.27 bits per heavy atom. The third kappa shape index (κ3) is 13.5. The van der Waals surface area contributed by atoms with E-state index in [2.05, 4.69) is 72.3 Å². The molecular weight excluding hydrogens is 1330 g/mol. The van der Waals surface area contributed by atoms with E-state index in [0.29, 0.717) is 104 Å². The number of H-pyrrole nitrogens is 3. The van der Waals surface area contributed by atoms with Crippen LogP contribution in [-0.4, -0.2) is 244 Å². The van der Waals surface area contributed by atoms with Crippen LogP contribution in [0.1, 0.15) is 122 Å². The minimum atomic E-state index is -0.817.